The number of hydrogen-bond donors (Lipinski definition) is 1. The maximum Gasteiger partial charge on any atom is 0.234 e. The Morgan fingerprint density at radius 3 is 2.72 bits per heavy atom. The van der Waals surface area contributed by atoms with E-state index in [1.807, 2.05) is 12.1 Å². The summed E-state index contributed by atoms with van der Waals surface area (Å²) in [6.45, 7) is 4.88. The average Bonchev–Trinajstić information content (AvgIpc) is 2.38. The summed E-state index contributed by atoms with van der Waals surface area (Å²) < 4.78 is 5.33. The molecule has 3 nitrogen and oxygen atoms in total. The van der Waals surface area contributed by atoms with Crippen LogP contribution >= 0.6 is 11.6 Å². The van der Waals surface area contributed by atoms with Crippen LogP contribution in [0.25, 0.3) is 0 Å². The van der Waals surface area contributed by atoms with Gasteiger partial charge in [0.05, 0.1) is 7.11 Å². The molecule has 0 unspecified atom stereocenters. The third kappa shape index (κ3) is 4.22. The molecule has 1 aromatic rings. The van der Waals surface area contributed by atoms with Crippen LogP contribution in [0.2, 0.25) is 0 Å². The molecule has 0 atom stereocenters. The SMILES string of the molecule is COc1ccc(CCNC(=O)CCl)cc1C(C)C. The van der Waals surface area contributed by atoms with Crippen LogP contribution < -0.4 is 10.1 Å². The molecule has 0 radical (unpaired) electrons. The number of methoxy groups -OCH3 is 1. The predicted octanol–water partition coefficient (Wildman–Crippen LogP) is 2.72. The van der Waals surface area contributed by atoms with Gasteiger partial charge in [-0.15, -0.1) is 11.6 Å². The molecule has 0 aliphatic carbocycles. The van der Waals surface area contributed by atoms with Gasteiger partial charge in [0, 0.05) is 6.54 Å². The molecule has 0 spiro atoms. The first-order valence-electron chi connectivity index (χ1n) is 6.08. The molecule has 0 heterocycles. The Labute approximate surface area is 113 Å². The minimum atomic E-state index is -0.130. The van der Waals surface area contributed by atoms with Crippen molar-refractivity contribution in [3.63, 3.8) is 0 Å². The molecule has 0 aliphatic heterocycles. The molecule has 0 saturated heterocycles. The van der Waals surface area contributed by atoms with Crippen molar-refractivity contribution in [2.45, 2.75) is 26.2 Å². The van der Waals surface area contributed by atoms with Crippen LogP contribution in [0.5, 0.6) is 5.75 Å². The summed E-state index contributed by atoms with van der Waals surface area (Å²) in [6, 6.07) is 6.14. The normalized spacial score (nSPS) is 10.5. The molecule has 0 saturated carbocycles. The quantitative estimate of drug-likeness (QED) is 0.807. The standard InChI is InChI=1S/C14H20ClNO2/c1-10(2)12-8-11(4-5-13(12)18-3)6-7-16-14(17)9-15/h4-5,8,10H,6-7,9H2,1-3H3,(H,16,17). The van der Waals surface area contributed by atoms with E-state index in [0.29, 0.717) is 12.5 Å². The van der Waals surface area contributed by atoms with E-state index in [2.05, 4.69) is 25.2 Å². The summed E-state index contributed by atoms with van der Waals surface area (Å²) in [7, 11) is 1.68. The van der Waals surface area contributed by atoms with E-state index in [-0.39, 0.29) is 11.8 Å². The summed E-state index contributed by atoms with van der Waals surface area (Å²) in [5.74, 6) is 1.21. The number of amides is 1. The molecule has 0 bridgehead atoms. The van der Waals surface area contributed by atoms with E-state index in [4.69, 9.17) is 16.3 Å². The second-order valence-electron chi connectivity index (χ2n) is 4.46. The lowest BCUT2D eigenvalue weighted by molar-refractivity contribution is -0.118. The Morgan fingerprint density at radius 2 is 2.17 bits per heavy atom. The van der Waals surface area contributed by atoms with Crippen molar-refractivity contribution in [2.24, 2.45) is 0 Å². The van der Waals surface area contributed by atoms with Gasteiger partial charge in [-0.25, -0.2) is 0 Å². The molecule has 1 N–H and O–H groups in total. The largest absolute Gasteiger partial charge is 0.496 e. The summed E-state index contributed by atoms with van der Waals surface area (Å²) in [6.07, 6.45) is 0.798. The first-order chi connectivity index (χ1) is 8.58. The zero-order valence-electron chi connectivity index (χ0n) is 11.1. The number of benzene rings is 1. The highest BCUT2D eigenvalue weighted by Gasteiger charge is 2.08. The number of halogens is 1. The lowest BCUT2D eigenvalue weighted by Gasteiger charge is -2.13. The fraction of sp³-hybridized carbons (Fsp3) is 0.500. The van der Waals surface area contributed by atoms with Gasteiger partial charge in [0.1, 0.15) is 11.6 Å². The fourth-order valence-corrected chi connectivity index (χ4v) is 1.88. The highest BCUT2D eigenvalue weighted by molar-refractivity contribution is 6.27. The molecule has 18 heavy (non-hydrogen) atoms. The van der Waals surface area contributed by atoms with Crippen LogP contribution in [0, 0.1) is 0 Å². The van der Waals surface area contributed by atoms with Gasteiger partial charge in [-0.1, -0.05) is 26.0 Å². The van der Waals surface area contributed by atoms with Crippen LogP contribution in [0.1, 0.15) is 30.9 Å². The molecule has 1 aromatic carbocycles. The monoisotopic (exact) mass is 269 g/mol. The van der Waals surface area contributed by atoms with Crippen molar-refractivity contribution in [3.8, 4) is 5.75 Å². The van der Waals surface area contributed by atoms with Crippen LogP contribution in [0.3, 0.4) is 0 Å². The zero-order valence-corrected chi connectivity index (χ0v) is 11.9. The average molecular weight is 270 g/mol. The molecule has 0 aliphatic rings. The Bertz CT molecular complexity index is 405. The highest BCUT2D eigenvalue weighted by atomic mass is 35.5. The van der Waals surface area contributed by atoms with Gasteiger partial charge in [0.15, 0.2) is 0 Å². The van der Waals surface area contributed by atoms with E-state index in [0.717, 1.165) is 12.2 Å². The Hall–Kier alpha value is -1.22. The van der Waals surface area contributed by atoms with Gasteiger partial charge < -0.3 is 10.1 Å². The van der Waals surface area contributed by atoms with Gasteiger partial charge in [-0.3, -0.25) is 4.79 Å². The maximum atomic E-state index is 11.0. The fourth-order valence-electron chi connectivity index (χ4n) is 1.78. The summed E-state index contributed by atoms with van der Waals surface area (Å²) in [5, 5.41) is 2.76. The van der Waals surface area contributed by atoms with Gasteiger partial charge in [-0.05, 0) is 29.5 Å². The molecule has 1 amide bonds. The number of rotatable bonds is 6. The van der Waals surface area contributed by atoms with Crippen molar-refractivity contribution < 1.29 is 9.53 Å². The summed E-state index contributed by atoms with van der Waals surface area (Å²) in [4.78, 5) is 11.0. The highest BCUT2D eigenvalue weighted by Crippen LogP contribution is 2.27. The first-order valence-corrected chi connectivity index (χ1v) is 6.61. The van der Waals surface area contributed by atoms with E-state index >= 15 is 0 Å². The van der Waals surface area contributed by atoms with Gasteiger partial charge >= 0.3 is 0 Å². The van der Waals surface area contributed by atoms with Crippen LogP contribution in [0.15, 0.2) is 18.2 Å². The van der Waals surface area contributed by atoms with Crippen molar-refractivity contribution in [2.75, 3.05) is 19.5 Å². The van der Waals surface area contributed by atoms with Crippen molar-refractivity contribution in [1.29, 1.82) is 0 Å². The Kier molecular flexibility index (Phi) is 5.99. The van der Waals surface area contributed by atoms with Crippen LogP contribution in [-0.2, 0) is 11.2 Å². The van der Waals surface area contributed by atoms with Crippen LogP contribution in [-0.4, -0.2) is 25.4 Å². The van der Waals surface area contributed by atoms with Gasteiger partial charge in [-0.2, -0.15) is 0 Å². The topological polar surface area (TPSA) is 38.3 Å². The second-order valence-corrected chi connectivity index (χ2v) is 4.73. The second kappa shape index (κ2) is 7.27. The van der Waals surface area contributed by atoms with E-state index < -0.39 is 0 Å². The minimum absolute atomic E-state index is 0.0137. The molecule has 0 fully saturated rings. The van der Waals surface area contributed by atoms with Crippen molar-refractivity contribution >= 4 is 17.5 Å². The zero-order chi connectivity index (χ0) is 13.5. The third-order valence-corrected chi connectivity index (χ3v) is 3.02. The van der Waals surface area contributed by atoms with E-state index in [1.165, 1.54) is 11.1 Å². The van der Waals surface area contributed by atoms with Gasteiger partial charge in [0.25, 0.3) is 0 Å². The number of carbonyl (C=O) groups is 1. The molecule has 4 heteroatoms. The van der Waals surface area contributed by atoms with E-state index in [1.54, 1.807) is 7.11 Å². The minimum Gasteiger partial charge on any atom is -0.496 e. The number of carbonyl (C=O) groups excluding carboxylic acids is 1. The number of hydrogen-bond acceptors (Lipinski definition) is 2. The molecular formula is C14H20ClNO2. The summed E-state index contributed by atoms with van der Waals surface area (Å²) >= 11 is 5.41. The van der Waals surface area contributed by atoms with Crippen LogP contribution in [0.4, 0.5) is 0 Å². The molecular weight excluding hydrogens is 250 g/mol. The first kappa shape index (κ1) is 14.8. The van der Waals surface area contributed by atoms with Crippen molar-refractivity contribution in [3.05, 3.63) is 29.3 Å². The Morgan fingerprint density at radius 1 is 1.44 bits per heavy atom. The smallest absolute Gasteiger partial charge is 0.234 e. The number of alkyl halides is 1. The molecule has 1 rings (SSSR count). The molecule has 0 aromatic heterocycles. The number of nitrogens with one attached hydrogen (secondary N) is 1. The summed E-state index contributed by atoms with van der Waals surface area (Å²) in [5.41, 5.74) is 2.38. The third-order valence-electron chi connectivity index (χ3n) is 2.77. The number of ether oxygens (including phenoxy) is 1. The Balaban J connectivity index is 2.67. The molecule has 100 valence electrons. The predicted molar refractivity (Wildman–Crippen MR) is 74.5 cm³/mol. The van der Waals surface area contributed by atoms with Crippen molar-refractivity contribution in [1.82, 2.24) is 5.32 Å². The van der Waals surface area contributed by atoms with Gasteiger partial charge in [0.2, 0.25) is 5.91 Å². The maximum absolute atomic E-state index is 11.0. The lowest BCUT2D eigenvalue weighted by Crippen LogP contribution is -2.26. The van der Waals surface area contributed by atoms with E-state index in [9.17, 15) is 4.79 Å². The lowest BCUT2D eigenvalue weighted by atomic mass is 9.98.